The van der Waals surface area contributed by atoms with Crippen LogP contribution in [0.15, 0.2) is 48.1 Å². The van der Waals surface area contributed by atoms with Crippen molar-refractivity contribution >= 4 is 0 Å². The minimum Gasteiger partial charge on any atom is -0.392 e. The standard InChI is InChI=1S/C27H40N2O2/c1-21-5-4-7-22(17-21)6-2-3-8-25-26-19-23(18-24(26)20-27(25)30)9-10-28-11-12-29-13-15-31-16-14-29/h3-5,7-8,17-18,24-28,30H,2,6,9-16,19-20H2,1H3/b8-3+/t24-,25+,26-,27+/m0/s1. The number of allylic oxidation sites excluding steroid dienone is 2. The van der Waals surface area contributed by atoms with Crippen LogP contribution in [0.4, 0.5) is 0 Å². The molecule has 0 radical (unpaired) electrons. The van der Waals surface area contributed by atoms with Gasteiger partial charge in [0.1, 0.15) is 0 Å². The Hall–Kier alpha value is -1.46. The normalized spacial score (nSPS) is 28.9. The summed E-state index contributed by atoms with van der Waals surface area (Å²) in [5.41, 5.74) is 4.33. The fourth-order valence-corrected chi connectivity index (χ4v) is 5.60. The highest BCUT2D eigenvalue weighted by molar-refractivity contribution is 5.23. The first-order valence-electron chi connectivity index (χ1n) is 12.3. The van der Waals surface area contributed by atoms with Crippen LogP contribution in [0.1, 0.15) is 36.8 Å². The number of hydrogen-bond donors (Lipinski definition) is 2. The van der Waals surface area contributed by atoms with Crippen LogP contribution in [0, 0.1) is 24.7 Å². The van der Waals surface area contributed by atoms with Crippen LogP contribution in [0.5, 0.6) is 0 Å². The van der Waals surface area contributed by atoms with E-state index in [2.05, 4.69) is 59.6 Å². The van der Waals surface area contributed by atoms with Crippen LogP contribution in [0.3, 0.4) is 0 Å². The molecule has 4 nitrogen and oxygen atoms in total. The maximum atomic E-state index is 10.6. The lowest BCUT2D eigenvalue weighted by atomic mass is 9.89. The molecule has 0 spiro atoms. The first-order chi connectivity index (χ1) is 15.2. The Kier molecular flexibility index (Phi) is 8.37. The highest BCUT2D eigenvalue weighted by Gasteiger charge is 2.43. The van der Waals surface area contributed by atoms with Gasteiger partial charge in [-0.25, -0.2) is 0 Å². The van der Waals surface area contributed by atoms with Gasteiger partial charge in [0.2, 0.25) is 0 Å². The van der Waals surface area contributed by atoms with E-state index in [1.165, 1.54) is 17.5 Å². The SMILES string of the molecule is Cc1cccc(CC/C=C/[C@@H]2[C@H]3CC(CCNCCN4CCOCC4)=C[C@H]3C[C@H]2O)c1. The number of fused-ring (bicyclic) bond motifs is 1. The molecule has 1 aliphatic heterocycles. The van der Waals surface area contributed by atoms with E-state index in [4.69, 9.17) is 4.74 Å². The van der Waals surface area contributed by atoms with Gasteiger partial charge in [-0.1, -0.05) is 53.6 Å². The quantitative estimate of drug-likeness (QED) is 0.444. The van der Waals surface area contributed by atoms with Gasteiger partial charge >= 0.3 is 0 Å². The summed E-state index contributed by atoms with van der Waals surface area (Å²) in [6.07, 6.45) is 12.3. The van der Waals surface area contributed by atoms with Crippen molar-refractivity contribution in [3.8, 4) is 0 Å². The summed E-state index contributed by atoms with van der Waals surface area (Å²) in [6, 6.07) is 8.78. The van der Waals surface area contributed by atoms with Gasteiger partial charge in [-0.3, -0.25) is 4.90 Å². The molecule has 2 fully saturated rings. The number of rotatable bonds is 10. The third kappa shape index (κ3) is 6.52. The molecule has 0 aromatic heterocycles. The van der Waals surface area contributed by atoms with Gasteiger partial charge in [-0.2, -0.15) is 0 Å². The van der Waals surface area contributed by atoms with Crippen molar-refractivity contribution in [3.05, 3.63) is 59.2 Å². The van der Waals surface area contributed by atoms with Crippen molar-refractivity contribution in [1.29, 1.82) is 0 Å². The second kappa shape index (κ2) is 11.4. The zero-order chi connectivity index (χ0) is 21.5. The maximum Gasteiger partial charge on any atom is 0.0611 e. The lowest BCUT2D eigenvalue weighted by Gasteiger charge is -2.26. The van der Waals surface area contributed by atoms with Gasteiger partial charge in [-0.15, -0.1) is 0 Å². The van der Waals surface area contributed by atoms with Crippen molar-refractivity contribution in [3.63, 3.8) is 0 Å². The predicted molar refractivity (Wildman–Crippen MR) is 127 cm³/mol. The molecular weight excluding hydrogens is 384 g/mol. The van der Waals surface area contributed by atoms with Gasteiger partial charge in [0.15, 0.2) is 0 Å². The van der Waals surface area contributed by atoms with Crippen LogP contribution in [-0.4, -0.2) is 62.0 Å². The fraction of sp³-hybridized carbons (Fsp3) is 0.630. The molecule has 1 aromatic carbocycles. The molecule has 4 atom stereocenters. The van der Waals surface area contributed by atoms with Gasteiger partial charge in [0, 0.05) is 32.1 Å². The summed E-state index contributed by atoms with van der Waals surface area (Å²) in [6.45, 7) is 9.29. The Labute approximate surface area is 188 Å². The number of aryl methyl sites for hydroxylation is 2. The largest absolute Gasteiger partial charge is 0.392 e. The van der Waals surface area contributed by atoms with Gasteiger partial charge in [0.25, 0.3) is 0 Å². The maximum absolute atomic E-state index is 10.6. The number of hydrogen-bond acceptors (Lipinski definition) is 4. The zero-order valence-corrected chi connectivity index (χ0v) is 19.1. The molecule has 0 bridgehead atoms. The van der Waals surface area contributed by atoms with Crippen LogP contribution in [0.25, 0.3) is 0 Å². The van der Waals surface area contributed by atoms with Crippen molar-refractivity contribution in [2.45, 2.75) is 45.1 Å². The Morgan fingerprint density at radius 1 is 1.19 bits per heavy atom. The summed E-state index contributed by atoms with van der Waals surface area (Å²) in [5, 5.41) is 14.2. The third-order valence-electron chi connectivity index (χ3n) is 7.32. The van der Waals surface area contributed by atoms with E-state index in [-0.39, 0.29) is 6.10 Å². The summed E-state index contributed by atoms with van der Waals surface area (Å²) >= 11 is 0. The lowest BCUT2D eigenvalue weighted by molar-refractivity contribution is 0.0385. The van der Waals surface area contributed by atoms with Gasteiger partial charge in [-0.05, 0) is 63.0 Å². The van der Waals surface area contributed by atoms with E-state index in [0.717, 1.165) is 71.6 Å². The number of morpholine rings is 1. The molecule has 1 heterocycles. The van der Waals surface area contributed by atoms with E-state index in [0.29, 0.717) is 17.8 Å². The number of nitrogens with zero attached hydrogens (tertiary/aromatic N) is 1. The highest BCUT2D eigenvalue weighted by atomic mass is 16.5. The Morgan fingerprint density at radius 2 is 2.06 bits per heavy atom. The number of nitrogens with one attached hydrogen (secondary N) is 1. The molecule has 1 aromatic rings. The molecule has 1 saturated carbocycles. The molecule has 2 aliphatic carbocycles. The second-order valence-electron chi connectivity index (χ2n) is 9.65. The topological polar surface area (TPSA) is 44.7 Å². The molecule has 3 aliphatic rings. The second-order valence-corrected chi connectivity index (χ2v) is 9.65. The number of aliphatic hydroxyl groups is 1. The smallest absolute Gasteiger partial charge is 0.0611 e. The van der Waals surface area contributed by atoms with E-state index < -0.39 is 0 Å². The van der Waals surface area contributed by atoms with Crippen molar-refractivity contribution in [2.75, 3.05) is 45.9 Å². The average molecular weight is 425 g/mol. The summed E-state index contributed by atoms with van der Waals surface area (Å²) in [7, 11) is 0. The molecule has 31 heavy (non-hydrogen) atoms. The van der Waals surface area contributed by atoms with Gasteiger partial charge in [0.05, 0.1) is 19.3 Å². The van der Waals surface area contributed by atoms with E-state index in [1.54, 1.807) is 5.57 Å². The van der Waals surface area contributed by atoms with Crippen LogP contribution >= 0.6 is 0 Å². The lowest BCUT2D eigenvalue weighted by Crippen LogP contribution is -2.40. The number of ether oxygens (including phenoxy) is 1. The van der Waals surface area contributed by atoms with Gasteiger partial charge < -0.3 is 15.2 Å². The molecule has 2 N–H and O–H groups in total. The predicted octanol–water partition coefficient (Wildman–Crippen LogP) is 3.74. The van der Waals surface area contributed by atoms with Crippen molar-refractivity contribution in [2.24, 2.45) is 17.8 Å². The molecule has 0 unspecified atom stereocenters. The summed E-state index contributed by atoms with van der Waals surface area (Å²) in [5.74, 6) is 1.50. The summed E-state index contributed by atoms with van der Waals surface area (Å²) in [4.78, 5) is 2.48. The Morgan fingerprint density at radius 3 is 2.90 bits per heavy atom. The van der Waals surface area contributed by atoms with Crippen LogP contribution in [-0.2, 0) is 11.2 Å². The average Bonchev–Trinajstić information content (AvgIpc) is 3.28. The summed E-state index contributed by atoms with van der Waals surface area (Å²) < 4.78 is 5.41. The van der Waals surface area contributed by atoms with E-state index in [9.17, 15) is 5.11 Å². The van der Waals surface area contributed by atoms with Crippen LogP contribution < -0.4 is 5.32 Å². The first-order valence-corrected chi connectivity index (χ1v) is 12.3. The Balaban J connectivity index is 1.16. The highest BCUT2D eigenvalue weighted by Crippen LogP contribution is 2.47. The van der Waals surface area contributed by atoms with Crippen LogP contribution in [0.2, 0.25) is 0 Å². The molecule has 0 amide bonds. The monoisotopic (exact) mass is 424 g/mol. The van der Waals surface area contributed by atoms with E-state index in [1.807, 2.05) is 0 Å². The van der Waals surface area contributed by atoms with Crippen molar-refractivity contribution < 1.29 is 9.84 Å². The third-order valence-corrected chi connectivity index (χ3v) is 7.32. The minimum absolute atomic E-state index is 0.172. The molecule has 4 heteroatoms. The molecular formula is C27H40N2O2. The fourth-order valence-electron chi connectivity index (χ4n) is 5.60. The molecule has 4 rings (SSSR count). The first kappa shape index (κ1) is 22.7. The van der Waals surface area contributed by atoms with E-state index >= 15 is 0 Å². The molecule has 170 valence electrons. The van der Waals surface area contributed by atoms with Crippen molar-refractivity contribution in [1.82, 2.24) is 10.2 Å². The molecule has 1 saturated heterocycles. The number of aliphatic hydroxyl groups excluding tert-OH is 1. The zero-order valence-electron chi connectivity index (χ0n) is 19.1. The Bertz CT molecular complexity index is 753. The minimum atomic E-state index is -0.172. The number of benzene rings is 1.